The normalized spacial score (nSPS) is 16.8. The summed E-state index contributed by atoms with van der Waals surface area (Å²) in [5.41, 5.74) is 5.35. The molecule has 0 aliphatic carbocycles. The lowest BCUT2D eigenvalue weighted by atomic mass is 9.95. The maximum absolute atomic E-state index is 11.7. The molecule has 0 aromatic rings. The average molecular weight is 242 g/mol. The quantitative estimate of drug-likeness (QED) is 0.661. The van der Waals surface area contributed by atoms with Crippen molar-refractivity contribution in [2.45, 2.75) is 32.1 Å². The number of imide groups is 1. The number of hydrogen-bond donors (Lipinski definition) is 1. The zero-order valence-electron chi connectivity index (χ0n) is 10.3. The van der Waals surface area contributed by atoms with Crippen LogP contribution in [0.2, 0.25) is 0 Å². The maximum Gasteiger partial charge on any atom is 0.228 e. The van der Waals surface area contributed by atoms with E-state index in [9.17, 15) is 9.59 Å². The van der Waals surface area contributed by atoms with Crippen molar-refractivity contribution in [2.75, 3.05) is 26.3 Å². The van der Waals surface area contributed by atoms with Gasteiger partial charge in [0.15, 0.2) is 0 Å². The number of nitrogens with two attached hydrogens (primary N) is 1. The highest BCUT2D eigenvalue weighted by molar-refractivity contribution is 5.85. The highest BCUT2D eigenvalue weighted by Gasteiger charge is 2.17. The fourth-order valence-electron chi connectivity index (χ4n) is 2.00. The highest BCUT2D eigenvalue weighted by Crippen LogP contribution is 2.20. The first-order chi connectivity index (χ1) is 8.27. The van der Waals surface area contributed by atoms with Gasteiger partial charge in [0, 0.05) is 26.2 Å². The fourth-order valence-corrected chi connectivity index (χ4v) is 2.00. The molecule has 0 aromatic carbocycles. The van der Waals surface area contributed by atoms with Crippen LogP contribution in [0.25, 0.3) is 0 Å². The Balaban J connectivity index is 2.23. The predicted molar refractivity (Wildman–Crippen MR) is 64.2 cm³/mol. The molecule has 0 radical (unpaired) electrons. The summed E-state index contributed by atoms with van der Waals surface area (Å²) in [5, 5.41) is 0. The highest BCUT2D eigenvalue weighted by atomic mass is 16.5. The van der Waals surface area contributed by atoms with Crippen LogP contribution < -0.4 is 5.73 Å². The summed E-state index contributed by atoms with van der Waals surface area (Å²) in [6, 6.07) is 0. The van der Waals surface area contributed by atoms with E-state index < -0.39 is 0 Å². The molecule has 1 saturated heterocycles. The number of rotatable bonds is 7. The molecule has 2 amide bonds. The van der Waals surface area contributed by atoms with E-state index in [1.807, 2.05) is 0 Å². The van der Waals surface area contributed by atoms with Crippen LogP contribution in [0.5, 0.6) is 0 Å². The Bertz CT molecular complexity index is 240. The van der Waals surface area contributed by atoms with Gasteiger partial charge in [-0.15, -0.1) is 0 Å². The molecule has 0 atom stereocenters. The molecule has 5 heteroatoms. The molecule has 5 nitrogen and oxygen atoms in total. The van der Waals surface area contributed by atoms with Crippen molar-refractivity contribution in [3.8, 4) is 0 Å². The van der Waals surface area contributed by atoms with E-state index in [1.165, 1.54) is 4.90 Å². The number of amides is 2. The van der Waals surface area contributed by atoms with Gasteiger partial charge in [0.05, 0.1) is 0 Å². The van der Waals surface area contributed by atoms with Crippen molar-refractivity contribution in [3.63, 3.8) is 0 Å². The van der Waals surface area contributed by atoms with Gasteiger partial charge in [0.25, 0.3) is 0 Å². The lowest BCUT2D eigenvalue weighted by molar-refractivity contribution is -0.138. The molecule has 0 bridgehead atoms. The summed E-state index contributed by atoms with van der Waals surface area (Å²) < 4.78 is 5.26. The number of nitrogens with zero attached hydrogens (tertiary/aromatic N) is 1. The summed E-state index contributed by atoms with van der Waals surface area (Å²) in [6.07, 6.45) is 4.64. The van der Waals surface area contributed by atoms with E-state index in [1.54, 1.807) is 0 Å². The van der Waals surface area contributed by atoms with Gasteiger partial charge < -0.3 is 10.5 Å². The third kappa shape index (κ3) is 5.28. The standard InChI is InChI=1S/C12H22N2O3/c13-6-1-7-14(10-15)12(16)3-2-11-4-8-17-9-5-11/h10-11H,1-9,13H2. The minimum atomic E-state index is -0.0834. The molecule has 0 unspecified atom stereocenters. The van der Waals surface area contributed by atoms with Gasteiger partial charge in [-0.05, 0) is 38.1 Å². The van der Waals surface area contributed by atoms with Crippen LogP contribution in [0.4, 0.5) is 0 Å². The Morgan fingerprint density at radius 2 is 2.12 bits per heavy atom. The number of hydrogen-bond acceptors (Lipinski definition) is 4. The van der Waals surface area contributed by atoms with Crippen molar-refractivity contribution in [3.05, 3.63) is 0 Å². The van der Waals surface area contributed by atoms with Crippen molar-refractivity contribution in [1.82, 2.24) is 4.90 Å². The number of carbonyl (C=O) groups excluding carboxylic acids is 2. The van der Waals surface area contributed by atoms with Crippen LogP contribution >= 0.6 is 0 Å². The monoisotopic (exact) mass is 242 g/mol. The van der Waals surface area contributed by atoms with Gasteiger partial charge in [-0.3, -0.25) is 14.5 Å². The zero-order chi connectivity index (χ0) is 12.5. The van der Waals surface area contributed by atoms with E-state index in [4.69, 9.17) is 10.5 Å². The smallest absolute Gasteiger partial charge is 0.228 e. The average Bonchev–Trinajstić information content (AvgIpc) is 2.38. The molecule has 98 valence electrons. The van der Waals surface area contributed by atoms with E-state index in [0.717, 1.165) is 32.5 Å². The molecular weight excluding hydrogens is 220 g/mol. The van der Waals surface area contributed by atoms with Crippen LogP contribution in [0.1, 0.15) is 32.1 Å². The second-order valence-corrected chi connectivity index (χ2v) is 4.43. The van der Waals surface area contributed by atoms with Crippen LogP contribution in [0.3, 0.4) is 0 Å². The Morgan fingerprint density at radius 1 is 1.41 bits per heavy atom. The third-order valence-electron chi connectivity index (χ3n) is 3.16. The van der Waals surface area contributed by atoms with Gasteiger partial charge in [-0.1, -0.05) is 0 Å². The molecule has 2 N–H and O–H groups in total. The molecular formula is C12H22N2O3. The van der Waals surface area contributed by atoms with Crippen molar-refractivity contribution < 1.29 is 14.3 Å². The largest absolute Gasteiger partial charge is 0.381 e. The van der Waals surface area contributed by atoms with Crippen LogP contribution in [-0.4, -0.2) is 43.5 Å². The fraction of sp³-hybridized carbons (Fsp3) is 0.833. The predicted octanol–water partition coefficient (Wildman–Crippen LogP) is 0.527. The van der Waals surface area contributed by atoms with Crippen LogP contribution in [0.15, 0.2) is 0 Å². The molecule has 1 rings (SSSR count). The molecule has 0 aromatic heterocycles. The lowest BCUT2D eigenvalue weighted by Crippen LogP contribution is -2.32. The van der Waals surface area contributed by atoms with Crippen molar-refractivity contribution >= 4 is 12.3 Å². The minimum Gasteiger partial charge on any atom is -0.381 e. The molecule has 1 heterocycles. The van der Waals surface area contributed by atoms with E-state index in [-0.39, 0.29) is 5.91 Å². The SMILES string of the molecule is NCCCN(C=O)C(=O)CCC1CCOCC1. The van der Waals surface area contributed by atoms with Crippen molar-refractivity contribution in [2.24, 2.45) is 11.7 Å². The molecule has 1 fully saturated rings. The molecule has 17 heavy (non-hydrogen) atoms. The van der Waals surface area contributed by atoms with Gasteiger partial charge in [-0.25, -0.2) is 0 Å². The summed E-state index contributed by atoms with van der Waals surface area (Å²) in [6.45, 7) is 2.52. The van der Waals surface area contributed by atoms with E-state index in [0.29, 0.717) is 38.3 Å². The Hall–Kier alpha value is -0.940. The summed E-state index contributed by atoms with van der Waals surface area (Å²) in [5.74, 6) is 0.482. The topological polar surface area (TPSA) is 72.6 Å². The Morgan fingerprint density at radius 3 is 2.71 bits per heavy atom. The summed E-state index contributed by atoms with van der Waals surface area (Å²) in [7, 11) is 0. The van der Waals surface area contributed by atoms with Crippen molar-refractivity contribution in [1.29, 1.82) is 0 Å². The lowest BCUT2D eigenvalue weighted by Gasteiger charge is -2.22. The minimum absolute atomic E-state index is 0.0834. The first kappa shape index (κ1) is 14.1. The second kappa shape index (κ2) is 8.20. The molecule has 1 aliphatic rings. The van der Waals surface area contributed by atoms with Gasteiger partial charge in [0.1, 0.15) is 0 Å². The van der Waals surface area contributed by atoms with Gasteiger partial charge >= 0.3 is 0 Å². The first-order valence-corrected chi connectivity index (χ1v) is 6.30. The number of carbonyl (C=O) groups is 2. The van der Waals surface area contributed by atoms with Gasteiger partial charge in [0.2, 0.25) is 12.3 Å². The van der Waals surface area contributed by atoms with E-state index >= 15 is 0 Å². The Kier molecular flexibility index (Phi) is 6.81. The van der Waals surface area contributed by atoms with Crippen LogP contribution in [-0.2, 0) is 14.3 Å². The van der Waals surface area contributed by atoms with Gasteiger partial charge in [-0.2, -0.15) is 0 Å². The maximum atomic E-state index is 11.7. The summed E-state index contributed by atoms with van der Waals surface area (Å²) >= 11 is 0. The summed E-state index contributed by atoms with van der Waals surface area (Å²) in [4.78, 5) is 23.7. The molecule has 0 spiro atoms. The third-order valence-corrected chi connectivity index (χ3v) is 3.16. The molecule has 0 saturated carbocycles. The molecule has 1 aliphatic heterocycles. The van der Waals surface area contributed by atoms with E-state index in [2.05, 4.69) is 0 Å². The second-order valence-electron chi connectivity index (χ2n) is 4.43. The Labute approximate surface area is 102 Å². The number of ether oxygens (including phenoxy) is 1. The van der Waals surface area contributed by atoms with Crippen LogP contribution in [0, 0.1) is 5.92 Å². The first-order valence-electron chi connectivity index (χ1n) is 6.30. The zero-order valence-corrected chi connectivity index (χ0v) is 10.3.